The van der Waals surface area contributed by atoms with Crippen molar-refractivity contribution in [3.8, 4) is 0 Å². The van der Waals surface area contributed by atoms with Crippen LogP contribution in [0.1, 0.15) is 42.6 Å². The van der Waals surface area contributed by atoms with Crippen LogP contribution >= 0.6 is 0 Å². The largest absolute Gasteiger partial charge is 0.397 e. The standard InChI is InChI=1S/C15H19F3N2O2/c1-3-10(2)20-14(22)12-6-4-11(5-7-12)9-19-13(21)8-15(16,17)18/h4-7,10H,3,8-9H2,1-2H3,(H,19,21)(H,20,22). The Hall–Kier alpha value is -2.05. The zero-order chi connectivity index (χ0) is 16.8. The summed E-state index contributed by atoms with van der Waals surface area (Å²) < 4.78 is 36.0. The summed E-state index contributed by atoms with van der Waals surface area (Å²) in [6, 6.07) is 6.40. The zero-order valence-electron chi connectivity index (χ0n) is 12.5. The van der Waals surface area contributed by atoms with Crippen LogP contribution in [0.2, 0.25) is 0 Å². The molecule has 0 spiro atoms. The molecule has 7 heteroatoms. The summed E-state index contributed by atoms with van der Waals surface area (Å²) in [6.45, 7) is 3.84. The molecule has 0 aliphatic carbocycles. The number of amides is 2. The van der Waals surface area contributed by atoms with Gasteiger partial charge in [0.25, 0.3) is 5.91 Å². The van der Waals surface area contributed by atoms with Crippen molar-refractivity contribution in [2.75, 3.05) is 0 Å². The summed E-state index contributed by atoms with van der Waals surface area (Å²) in [7, 11) is 0. The first-order chi connectivity index (χ1) is 10.2. The molecule has 0 bridgehead atoms. The van der Waals surface area contributed by atoms with Gasteiger partial charge in [-0.15, -0.1) is 0 Å². The first-order valence-corrected chi connectivity index (χ1v) is 6.94. The molecule has 1 aromatic carbocycles. The van der Waals surface area contributed by atoms with Crippen molar-refractivity contribution in [2.45, 2.75) is 45.5 Å². The second-order valence-corrected chi connectivity index (χ2v) is 5.05. The van der Waals surface area contributed by atoms with Crippen molar-refractivity contribution in [2.24, 2.45) is 0 Å². The van der Waals surface area contributed by atoms with E-state index in [0.29, 0.717) is 11.1 Å². The molecule has 1 atom stereocenters. The van der Waals surface area contributed by atoms with Gasteiger partial charge in [0.15, 0.2) is 0 Å². The van der Waals surface area contributed by atoms with Gasteiger partial charge in [0.05, 0.1) is 0 Å². The van der Waals surface area contributed by atoms with Crippen LogP contribution in [0.5, 0.6) is 0 Å². The molecule has 0 fully saturated rings. The van der Waals surface area contributed by atoms with Gasteiger partial charge in [0, 0.05) is 18.2 Å². The Morgan fingerprint density at radius 3 is 2.27 bits per heavy atom. The normalized spacial score (nSPS) is 12.6. The van der Waals surface area contributed by atoms with E-state index in [1.165, 1.54) is 0 Å². The van der Waals surface area contributed by atoms with Crippen LogP contribution in [0.15, 0.2) is 24.3 Å². The Morgan fingerprint density at radius 1 is 1.18 bits per heavy atom. The number of hydrogen-bond acceptors (Lipinski definition) is 2. The molecular weight excluding hydrogens is 297 g/mol. The highest BCUT2D eigenvalue weighted by molar-refractivity contribution is 5.94. The molecule has 1 aromatic rings. The molecule has 0 heterocycles. The summed E-state index contributed by atoms with van der Waals surface area (Å²) in [6.07, 6.45) is -5.19. The lowest BCUT2D eigenvalue weighted by molar-refractivity contribution is -0.153. The van der Waals surface area contributed by atoms with E-state index in [1.807, 2.05) is 13.8 Å². The van der Waals surface area contributed by atoms with E-state index in [0.717, 1.165) is 6.42 Å². The number of benzene rings is 1. The topological polar surface area (TPSA) is 58.2 Å². The number of carbonyl (C=O) groups is 2. The van der Waals surface area contributed by atoms with E-state index >= 15 is 0 Å². The molecule has 4 nitrogen and oxygen atoms in total. The van der Waals surface area contributed by atoms with Crippen molar-refractivity contribution in [3.05, 3.63) is 35.4 Å². The lowest BCUT2D eigenvalue weighted by Crippen LogP contribution is -2.31. The van der Waals surface area contributed by atoms with Crippen LogP contribution in [0.3, 0.4) is 0 Å². The van der Waals surface area contributed by atoms with Crippen LogP contribution < -0.4 is 10.6 Å². The molecule has 0 aromatic heterocycles. The average molecular weight is 316 g/mol. The highest BCUT2D eigenvalue weighted by Gasteiger charge is 2.30. The monoisotopic (exact) mass is 316 g/mol. The predicted molar refractivity (Wildman–Crippen MR) is 76.2 cm³/mol. The first-order valence-electron chi connectivity index (χ1n) is 6.94. The Morgan fingerprint density at radius 2 is 1.77 bits per heavy atom. The molecule has 0 aliphatic rings. The number of nitrogens with one attached hydrogen (secondary N) is 2. The number of rotatable bonds is 6. The van der Waals surface area contributed by atoms with E-state index in [9.17, 15) is 22.8 Å². The molecule has 0 radical (unpaired) electrons. The molecular formula is C15H19F3N2O2. The summed E-state index contributed by atoms with van der Waals surface area (Å²) >= 11 is 0. The lowest BCUT2D eigenvalue weighted by Gasteiger charge is -2.12. The average Bonchev–Trinajstić information content (AvgIpc) is 2.43. The number of alkyl halides is 3. The van der Waals surface area contributed by atoms with Crippen molar-refractivity contribution in [3.63, 3.8) is 0 Å². The lowest BCUT2D eigenvalue weighted by atomic mass is 10.1. The Kier molecular flexibility index (Phi) is 6.39. The molecule has 1 rings (SSSR count). The van der Waals surface area contributed by atoms with Gasteiger partial charge < -0.3 is 10.6 Å². The van der Waals surface area contributed by atoms with Gasteiger partial charge in [-0.2, -0.15) is 13.2 Å². The zero-order valence-corrected chi connectivity index (χ0v) is 12.5. The van der Waals surface area contributed by atoms with Crippen molar-refractivity contribution >= 4 is 11.8 Å². The third-order valence-electron chi connectivity index (χ3n) is 3.06. The Labute approximate surface area is 127 Å². The van der Waals surface area contributed by atoms with Crippen LogP contribution in [-0.4, -0.2) is 24.0 Å². The fourth-order valence-electron chi connectivity index (χ4n) is 1.63. The van der Waals surface area contributed by atoms with Crippen LogP contribution in [0.4, 0.5) is 13.2 Å². The Balaban J connectivity index is 2.51. The van der Waals surface area contributed by atoms with Gasteiger partial charge in [-0.1, -0.05) is 19.1 Å². The molecule has 0 saturated heterocycles. The highest BCUT2D eigenvalue weighted by atomic mass is 19.4. The maximum Gasteiger partial charge on any atom is 0.397 e. The fraction of sp³-hybridized carbons (Fsp3) is 0.467. The van der Waals surface area contributed by atoms with E-state index in [-0.39, 0.29) is 18.5 Å². The Bertz CT molecular complexity index is 513. The molecule has 22 heavy (non-hydrogen) atoms. The molecule has 1 unspecified atom stereocenters. The minimum absolute atomic E-state index is 0.0117. The first kappa shape index (κ1) is 18.0. The summed E-state index contributed by atoms with van der Waals surface area (Å²) in [5.74, 6) is -1.28. The fourth-order valence-corrected chi connectivity index (χ4v) is 1.63. The van der Waals surface area contributed by atoms with Crippen molar-refractivity contribution in [1.29, 1.82) is 0 Å². The van der Waals surface area contributed by atoms with Crippen LogP contribution in [-0.2, 0) is 11.3 Å². The SMILES string of the molecule is CCC(C)NC(=O)c1ccc(CNC(=O)CC(F)(F)F)cc1. The summed E-state index contributed by atoms with van der Waals surface area (Å²) in [4.78, 5) is 22.9. The highest BCUT2D eigenvalue weighted by Crippen LogP contribution is 2.19. The smallest absolute Gasteiger partial charge is 0.352 e. The molecule has 0 aliphatic heterocycles. The van der Waals surface area contributed by atoms with Gasteiger partial charge in [-0.25, -0.2) is 0 Å². The van der Waals surface area contributed by atoms with Crippen molar-refractivity contribution < 1.29 is 22.8 Å². The van der Waals surface area contributed by atoms with Gasteiger partial charge in [-0.05, 0) is 31.0 Å². The minimum atomic E-state index is -4.51. The number of hydrogen-bond donors (Lipinski definition) is 2. The maximum absolute atomic E-state index is 12.0. The van der Waals surface area contributed by atoms with Crippen LogP contribution in [0.25, 0.3) is 0 Å². The third kappa shape index (κ3) is 6.60. The second-order valence-electron chi connectivity index (χ2n) is 5.05. The van der Waals surface area contributed by atoms with E-state index in [1.54, 1.807) is 24.3 Å². The minimum Gasteiger partial charge on any atom is -0.352 e. The summed E-state index contributed by atoms with van der Waals surface area (Å²) in [5.41, 5.74) is 1.08. The van der Waals surface area contributed by atoms with Gasteiger partial charge >= 0.3 is 6.18 Å². The molecule has 2 N–H and O–H groups in total. The predicted octanol–water partition coefficient (Wildman–Crippen LogP) is 2.78. The van der Waals surface area contributed by atoms with Gasteiger partial charge in [0.2, 0.25) is 5.91 Å². The van der Waals surface area contributed by atoms with Crippen LogP contribution in [0, 0.1) is 0 Å². The van der Waals surface area contributed by atoms with E-state index < -0.39 is 18.5 Å². The van der Waals surface area contributed by atoms with Gasteiger partial charge in [0.1, 0.15) is 6.42 Å². The number of carbonyl (C=O) groups excluding carboxylic acids is 2. The summed E-state index contributed by atoms with van der Waals surface area (Å²) in [5, 5.41) is 4.99. The number of halogens is 3. The maximum atomic E-state index is 12.0. The van der Waals surface area contributed by atoms with E-state index in [4.69, 9.17) is 0 Å². The third-order valence-corrected chi connectivity index (χ3v) is 3.06. The second kappa shape index (κ2) is 7.82. The molecule has 2 amide bonds. The molecule has 0 saturated carbocycles. The quantitative estimate of drug-likeness (QED) is 0.848. The van der Waals surface area contributed by atoms with Gasteiger partial charge in [-0.3, -0.25) is 9.59 Å². The molecule has 122 valence electrons. The van der Waals surface area contributed by atoms with E-state index in [2.05, 4.69) is 10.6 Å². The van der Waals surface area contributed by atoms with Crippen molar-refractivity contribution in [1.82, 2.24) is 10.6 Å².